The molecule has 0 aromatic carbocycles. The Hall–Kier alpha value is -0.380. The van der Waals surface area contributed by atoms with Crippen LogP contribution in [0.25, 0.3) is 0 Å². The van der Waals surface area contributed by atoms with Crippen LogP contribution < -0.4 is 0 Å². The van der Waals surface area contributed by atoms with Crippen LogP contribution in [0.5, 0.6) is 0 Å². The van der Waals surface area contributed by atoms with Gasteiger partial charge < -0.3 is 9.84 Å². The minimum absolute atomic E-state index is 0.501. The van der Waals surface area contributed by atoms with Gasteiger partial charge in [0.2, 0.25) is 0 Å². The lowest BCUT2D eigenvalue weighted by Crippen LogP contribution is -2.04. The number of hydrogen-bond donors (Lipinski definition) is 1. The van der Waals surface area contributed by atoms with E-state index in [1.54, 1.807) is 18.3 Å². The SMILES string of the molecule is CC(O)OCc1ccsc1. The summed E-state index contributed by atoms with van der Waals surface area (Å²) in [5, 5.41) is 12.7. The number of thiophene rings is 1. The summed E-state index contributed by atoms with van der Waals surface area (Å²) in [6, 6.07) is 1.98. The van der Waals surface area contributed by atoms with Crippen molar-refractivity contribution < 1.29 is 9.84 Å². The first kappa shape index (κ1) is 7.72. The second-order valence-electron chi connectivity index (χ2n) is 2.04. The highest BCUT2D eigenvalue weighted by Crippen LogP contribution is 2.07. The first-order valence-corrected chi connectivity index (χ1v) is 4.04. The number of rotatable bonds is 3. The third-order valence-corrected chi connectivity index (χ3v) is 1.80. The van der Waals surface area contributed by atoms with Gasteiger partial charge in [0.25, 0.3) is 0 Å². The maximum absolute atomic E-state index is 8.73. The van der Waals surface area contributed by atoms with Crippen LogP contribution in [-0.4, -0.2) is 11.4 Å². The van der Waals surface area contributed by atoms with Gasteiger partial charge in [-0.3, -0.25) is 0 Å². The van der Waals surface area contributed by atoms with Crippen LogP contribution in [0.15, 0.2) is 16.8 Å². The molecular formula is C7H10O2S. The van der Waals surface area contributed by atoms with Gasteiger partial charge >= 0.3 is 0 Å². The molecule has 0 aliphatic carbocycles. The fourth-order valence-corrected chi connectivity index (χ4v) is 1.24. The van der Waals surface area contributed by atoms with Gasteiger partial charge in [-0.15, -0.1) is 0 Å². The molecule has 56 valence electrons. The van der Waals surface area contributed by atoms with Gasteiger partial charge in [-0.05, 0) is 29.3 Å². The maximum atomic E-state index is 8.73. The summed E-state index contributed by atoms with van der Waals surface area (Å²) in [6.07, 6.45) is -0.667. The minimum atomic E-state index is -0.667. The van der Waals surface area contributed by atoms with Crippen molar-refractivity contribution in [2.45, 2.75) is 19.8 Å². The van der Waals surface area contributed by atoms with Gasteiger partial charge in [-0.25, -0.2) is 0 Å². The Labute approximate surface area is 64.1 Å². The van der Waals surface area contributed by atoms with E-state index < -0.39 is 6.29 Å². The Bertz CT molecular complexity index is 170. The molecule has 2 nitrogen and oxygen atoms in total. The van der Waals surface area contributed by atoms with Gasteiger partial charge in [0, 0.05) is 0 Å². The van der Waals surface area contributed by atoms with Gasteiger partial charge in [0.1, 0.15) is 0 Å². The molecule has 0 aliphatic rings. The zero-order valence-corrected chi connectivity index (χ0v) is 6.60. The Kier molecular flexibility index (Phi) is 2.86. The van der Waals surface area contributed by atoms with E-state index in [1.807, 2.05) is 16.8 Å². The molecule has 1 N–H and O–H groups in total. The molecule has 0 aliphatic heterocycles. The number of hydrogen-bond acceptors (Lipinski definition) is 3. The summed E-state index contributed by atoms with van der Waals surface area (Å²) in [5.74, 6) is 0. The van der Waals surface area contributed by atoms with Crippen LogP contribution in [0.1, 0.15) is 12.5 Å². The molecule has 3 heteroatoms. The van der Waals surface area contributed by atoms with E-state index in [2.05, 4.69) is 0 Å². The highest BCUT2D eigenvalue weighted by Gasteiger charge is 1.95. The van der Waals surface area contributed by atoms with Gasteiger partial charge in [-0.2, -0.15) is 11.3 Å². The summed E-state index contributed by atoms with van der Waals surface area (Å²) >= 11 is 1.63. The number of aliphatic hydroxyl groups excluding tert-OH is 1. The standard InChI is InChI=1S/C7H10O2S/c1-6(8)9-4-7-2-3-10-5-7/h2-3,5-6,8H,4H2,1H3. The van der Waals surface area contributed by atoms with E-state index in [4.69, 9.17) is 9.84 Å². The fourth-order valence-electron chi connectivity index (χ4n) is 0.592. The van der Waals surface area contributed by atoms with Crippen molar-refractivity contribution in [3.05, 3.63) is 22.4 Å². The summed E-state index contributed by atoms with van der Waals surface area (Å²) < 4.78 is 4.95. The average Bonchev–Trinajstić information content (AvgIpc) is 2.34. The first-order chi connectivity index (χ1) is 4.79. The van der Waals surface area contributed by atoms with E-state index in [-0.39, 0.29) is 0 Å². The Morgan fingerprint density at radius 1 is 1.80 bits per heavy atom. The van der Waals surface area contributed by atoms with Crippen LogP contribution in [-0.2, 0) is 11.3 Å². The van der Waals surface area contributed by atoms with E-state index in [1.165, 1.54) is 0 Å². The van der Waals surface area contributed by atoms with E-state index in [0.29, 0.717) is 6.61 Å². The van der Waals surface area contributed by atoms with Crippen molar-refractivity contribution >= 4 is 11.3 Å². The molecule has 1 aromatic rings. The summed E-state index contributed by atoms with van der Waals surface area (Å²) in [5.41, 5.74) is 1.12. The Morgan fingerprint density at radius 2 is 2.60 bits per heavy atom. The quantitative estimate of drug-likeness (QED) is 0.677. The van der Waals surface area contributed by atoms with Crippen LogP contribution in [0, 0.1) is 0 Å². The van der Waals surface area contributed by atoms with Crippen molar-refractivity contribution in [2.75, 3.05) is 0 Å². The molecule has 0 saturated carbocycles. The highest BCUT2D eigenvalue weighted by atomic mass is 32.1. The van der Waals surface area contributed by atoms with Gasteiger partial charge in [0.15, 0.2) is 6.29 Å². The molecular weight excluding hydrogens is 148 g/mol. The third kappa shape index (κ3) is 2.47. The molecule has 0 fully saturated rings. The van der Waals surface area contributed by atoms with Crippen LogP contribution >= 0.6 is 11.3 Å². The molecule has 0 amide bonds. The van der Waals surface area contributed by atoms with Crippen LogP contribution in [0.4, 0.5) is 0 Å². The van der Waals surface area contributed by atoms with Crippen LogP contribution in [0.2, 0.25) is 0 Å². The number of aliphatic hydroxyl groups is 1. The van der Waals surface area contributed by atoms with Crippen molar-refractivity contribution in [3.63, 3.8) is 0 Å². The molecule has 1 aromatic heterocycles. The summed E-state index contributed by atoms with van der Waals surface area (Å²) in [7, 11) is 0. The lowest BCUT2D eigenvalue weighted by molar-refractivity contribution is -0.0938. The molecule has 1 atom stereocenters. The smallest absolute Gasteiger partial charge is 0.152 e. The molecule has 0 bridgehead atoms. The zero-order valence-electron chi connectivity index (χ0n) is 5.78. The maximum Gasteiger partial charge on any atom is 0.152 e. The lowest BCUT2D eigenvalue weighted by Gasteiger charge is -2.03. The van der Waals surface area contributed by atoms with E-state index in [9.17, 15) is 0 Å². The molecule has 0 radical (unpaired) electrons. The second-order valence-corrected chi connectivity index (χ2v) is 2.82. The van der Waals surface area contributed by atoms with Gasteiger partial charge in [-0.1, -0.05) is 0 Å². The molecule has 0 saturated heterocycles. The normalized spacial score (nSPS) is 13.4. The largest absolute Gasteiger partial charge is 0.368 e. The van der Waals surface area contributed by atoms with Crippen molar-refractivity contribution in [1.82, 2.24) is 0 Å². The van der Waals surface area contributed by atoms with E-state index in [0.717, 1.165) is 5.56 Å². The summed E-state index contributed by atoms with van der Waals surface area (Å²) in [4.78, 5) is 0. The molecule has 0 spiro atoms. The third-order valence-electron chi connectivity index (χ3n) is 1.07. The van der Waals surface area contributed by atoms with Gasteiger partial charge in [0.05, 0.1) is 6.61 Å². The summed E-state index contributed by atoms with van der Waals surface area (Å²) in [6.45, 7) is 2.10. The van der Waals surface area contributed by atoms with Crippen molar-refractivity contribution in [2.24, 2.45) is 0 Å². The number of ether oxygens (including phenoxy) is 1. The predicted molar refractivity (Wildman–Crippen MR) is 40.8 cm³/mol. The van der Waals surface area contributed by atoms with E-state index >= 15 is 0 Å². The fraction of sp³-hybridized carbons (Fsp3) is 0.429. The average molecular weight is 158 g/mol. The molecule has 1 unspecified atom stereocenters. The molecule has 1 heterocycles. The zero-order chi connectivity index (χ0) is 7.40. The topological polar surface area (TPSA) is 29.5 Å². The minimum Gasteiger partial charge on any atom is -0.368 e. The Morgan fingerprint density at radius 3 is 3.10 bits per heavy atom. The monoisotopic (exact) mass is 158 g/mol. The molecule has 1 rings (SSSR count). The van der Waals surface area contributed by atoms with Crippen molar-refractivity contribution in [1.29, 1.82) is 0 Å². The van der Waals surface area contributed by atoms with Crippen LogP contribution in [0.3, 0.4) is 0 Å². The first-order valence-electron chi connectivity index (χ1n) is 3.10. The predicted octanol–water partition coefficient (Wildman–Crippen LogP) is 1.60. The highest BCUT2D eigenvalue weighted by molar-refractivity contribution is 7.07. The molecule has 10 heavy (non-hydrogen) atoms. The second kappa shape index (κ2) is 3.71. The Balaban J connectivity index is 2.28. The van der Waals surface area contributed by atoms with Crippen molar-refractivity contribution in [3.8, 4) is 0 Å². The lowest BCUT2D eigenvalue weighted by atomic mass is 10.4.